The number of nitrogens with zero attached hydrogens (tertiary/aromatic N) is 2. The van der Waals surface area contributed by atoms with Crippen molar-refractivity contribution in [2.24, 2.45) is 6.98 Å². The van der Waals surface area contributed by atoms with E-state index in [2.05, 4.69) is 20.9 Å². The van der Waals surface area contributed by atoms with E-state index in [-0.39, 0.29) is 0 Å². The molecule has 0 amide bonds. The van der Waals surface area contributed by atoms with Crippen molar-refractivity contribution in [3.63, 3.8) is 0 Å². The summed E-state index contributed by atoms with van der Waals surface area (Å²) in [7, 11) is 0. The molecule has 0 unspecified atom stereocenters. The van der Waals surface area contributed by atoms with Crippen molar-refractivity contribution in [2.45, 2.75) is 0 Å². The van der Waals surface area contributed by atoms with Gasteiger partial charge in [-0.3, -0.25) is 0 Å². The number of aromatic nitrogens is 2. The molecule has 2 nitrogen and oxygen atoms in total. The molecule has 0 bridgehead atoms. The monoisotopic (exact) mass is 163 g/mol. The maximum atomic E-state index is 6.92. The van der Waals surface area contributed by atoms with Crippen LogP contribution in [0.3, 0.4) is 0 Å². The Kier molecular flexibility index (Phi) is 0.546. The Balaban J connectivity index is 2.96. The lowest BCUT2D eigenvalue weighted by Crippen LogP contribution is -1.76. The number of hydrogen-bond acceptors (Lipinski definition) is 1. The Morgan fingerprint density at radius 1 is 2.14 bits per heavy atom. The molecule has 0 atom stereocenters. The van der Waals surface area contributed by atoms with E-state index < -0.39 is 6.98 Å². The molecule has 3 heteroatoms. The molecule has 0 saturated carbocycles. The molecule has 0 aliphatic rings. The van der Waals surface area contributed by atoms with Gasteiger partial charge in [-0.2, -0.15) is 0 Å². The predicted molar refractivity (Wildman–Crippen MR) is 30.9 cm³/mol. The number of imidazole rings is 1. The third-order valence-electron chi connectivity index (χ3n) is 0.551. The summed E-state index contributed by atoms with van der Waals surface area (Å²) in [4.78, 5) is 3.70. The molecule has 0 saturated heterocycles. The van der Waals surface area contributed by atoms with Gasteiger partial charge in [-0.15, -0.1) is 0 Å². The molecule has 0 fully saturated rings. The van der Waals surface area contributed by atoms with Gasteiger partial charge in [-0.25, -0.2) is 4.98 Å². The van der Waals surface area contributed by atoms with Crippen molar-refractivity contribution < 1.29 is 4.11 Å². The number of rotatable bonds is 0. The first-order valence-corrected chi connectivity index (χ1v) is 2.49. The van der Waals surface area contributed by atoms with Crippen LogP contribution in [0.25, 0.3) is 0 Å². The quantitative estimate of drug-likeness (QED) is 0.562. The maximum absolute atomic E-state index is 6.92. The highest BCUT2D eigenvalue weighted by Crippen LogP contribution is 2.01. The fourth-order valence-corrected chi connectivity index (χ4v) is 0.611. The van der Waals surface area contributed by atoms with Crippen LogP contribution in [-0.4, -0.2) is 9.55 Å². The summed E-state index contributed by atoms with van der Waals surface area (Å²) in [6.07, 6.45) is 2.67. The molecule has 0 spiro atoms. The molecule has 1 rings (SSSR count). The second-order valence-electron chi connectivity index (χ2n) is 1.10. The van der Waals surface area contributed by atoms with Crippen molar-refractivity contribution in [1.29, 1.82) is 0 Å². The van der Waals surface area contributed by atoms with Gasteiger partial charge in [0.2, 0.25) is 0 Å². The Labute approximate surface area is 54.5 Å². The maximum Gasteiger partial charge on any atom is 0.124 e. The van der Waals surface area contributed by atoms with Gasteiger partial charge < -0.3 is 4.57 Å². The lowest BCUT2D eigenvalue weighted by Gasteiger charge is -1.77. The van der Waals surface area contributed by atoms with Crippen LogP contribution in [0.2, 0.25) is 0 Å². The zero-order valence-electron chi connectivity index (χ0n) is 6.43. The van der Waals surface area contributed by atoms with E-state index in [1.165, 1.54) is 12.5 Å². The van der Waals surface area contributed by atoms with Crippen molar-refractivity contribution in [1.82, 2.24) is 9.55 Å². The fraction of sp³-hybridized carbons (Fsp3) is 0.250. The first kappa shape index (κ1) is 2.31. The summed E-state index contributed by atoms with van der Waals surface area (Å²) < 4.78 is 22.4. The smallest absolute Gasteiger partial charge is 0.124 e. The second kappa shape index (κ2) is 1.66. The molecule has 0 aromatic carbocycles. The number of hydrogen-bond donors (Lipinski definition) is 0. The standard InChI is InChI=1S/C4H5BrN2/c1-7-2-4(5)6-3-7/h2-3H,1H3/i1D3. The minimum Gasteiger partial charge on any atom is -0.339 e. The van der Waals surface area contributed by atoms with E-state index in [1.807, 2.05) is 0 Å². The average Bonchev–Trinajstić information content (AvgIpc) is 2.11. The van der Waals surface area contributed by atoms with Gasteiger partial charge in [0.25, 0.3) is 0 Å². The van der Waals surface area contributed by atoms with Gasteiger partial charge >= 0.3 is 0 Å². The van der Waals surface area contributed by atoms with E-state index in [1.54, 1.807) is 0 Å². The van der Waals surface area contributed by atoms with Gasteiger partial charge in [-0.05, 0) is 15.9 Å². The van der Waals surface area contributed by atoms with E-state index in [0.29, 0.717) is 4.60 Å². The molecule has 0 radical (unpaired) electrons. The largest absolute Gasteiger partial charge is 0.339 e. The van der Waals surface area contributed by atoms with E-state index in [9.17, 15) is 0 Å². The summed E-state index contributed by atoms with van der Waals surface area (Å²) in [6.45, 7) is -2.11. The van der Waals surface area contributed by atoms with Gasteiger partial charge in [0, 0.05) is 17.3 Å². The highest BCUT2D eigenvalue weighted by atomic mass is 79.9. The summed E-state index contributed by atoms with van der Waals surface area (Å²) >= 11 is 3.04. The van der Waals surface area contributed by atoms with Crippen LogP contribution in [0.15, 0.2) is 17.1 Å². The van der Waals surface area contributed by atoms with Crippen molar-refractivity contribution in [3.05, 3.63) is 17.1 Å². The Morgan fingerprint density at radius 3 is 3.29 bits per heavy atom. The van der Waals surface area contributed by atoms with Gasteiger partial charge in [0.05, 0.1) is 6.33 Å². The average molecular weight is 164 g/mol. The molecule has 1 aromatic rings. The van der Waals surface area contributed by atoms with Crippen molar-refractivity contribution in [2.75, 3.05) is 0 Å². The Bertz CT molecular complexity index is 229. The normalized spacial score (nSPS) is 17.6. The van der Waals surface area contributed by atoms with Crippen LogP contribution in [0, 0.1) is 0 Å². The molecular formula is C4H5BrN2. The molecule has 1 aromatic heterocycles. The van der Waals surface area contributed by atoms with Crippen LogP contribution in [0.1, 0.15) is 4.11 Å². The minimum atomic E-state index is -2.11. The highest BCUT2D eigenvalue weighted by Gasteiger charge is 1.84. The summed E-state index contributed by atoms with van der Waals surface area (Å²) in [5.41, 5.74) is 0. The zero-order chi connectivity index (χ0) is 7.78. The van der Waals surface area contributed by atoms with E-state index >= 15 is 0 Å². The Morgan fingerprint density at radius 2 is 3.00 bits per heavy atom. The summed E-state index contributed by atoms with van der Waals surface area (Å²) in [5, 5.41) is 0. The topological polar surface area (TPSA) is 17.8 Å². The van der Waals surface area contributed by atoms with Crippen LogP contribution in [0.5, 0.6) is 0 Å². The van der Waals surface area contributed by atoms with Crippen LogP contribution < -0.4 is 0 Å². The Hall–Kier alpha value is -0.310. The molecule has 0 aliphatic heterocycles. The molecular weight excluding hydrogens is 156 g/mol. The first-order chi connectivity index (χ1) is 4.50. The number of aryl methyl sites for hydroxylation is 1. The molecule has 38 valence electrons. The molecule has 7 heavy (non-hydrogen) atoms. The minimum absolute atomic E-state index is 0.531. The van der Waals surface area contributed by atoms with Crippen LogP contribution >= 0.6 is 15.9 Å². The lowest BCUT2D eigenvalue weighted by atomic mass is 10.9. The summed E-state index contributed by atoms with van der Waals surface area (Å²) in [5.74, 6) is 0. The third-order valence-corrected chi connectivity index (χ3v) is 0.961. The van der Waals surface area contributed by atoms with E-state index in [4.69, 9.17) is 4.11 Å². The highest BCUT2D eigenvalue weighted by molar-refractivity contribution is 9.10. The molecule has 0 N–H and O–H groups in total. The van der Waals surface area contributed by atoms with Crippen LogP contribution in [0.4, 0.5) is 0 Å². The van der Waals surface area contributed by atoms with E-state index in [0.717, 1.165) is 4.57 Å². The van der Waals surface area contributed by atoms with Gasteiger partial charge in [0.1, 0.15) is 4.60 Å². The second-order valence-corrected chi connectivity index (χ2v) is 1.92. The lowest BCUT2D eigenvalue weighted by molar-refractivity contribution is 0.913. The third kappa shape index (κ3) is 1.03. The SMILES string of the molecule is [2H]C([2H])([2H])n1cnc(Br)c1. The number of halogens is 1. The van der Waals surface area contributed by atoms with Gasteiger partial charge in [0.15, 0.2) is 0 Å². The molecule has 0 aliphatic carbocycles. The van der Waals surface area contributed by atoms with Crippen molar-refractivity contribution in [3.8, 4) is 0 Å². The summed E-state index contributed by atoms with van der Waals surface area (Å²) in [6, 6.07) is 0. The molecule has 1 heterocycles. The zero-order valence-corrected chi connectivity index (χ0v) is 5.01. The first-order valence-electron chi connectivity index (χ1n) is 3.20. The van der Waals surface area contributed by atoms with Crippen molar-refractivity contribution >= 4 is 15.9 Å². The fourth-order valence-electron chi connectivity index (χ4n) is 0.299. The predicted octanol–water partition coefficient (Wildman–Crippen LogP) is 1.18. The van der Waals surface area contributed by atoms with Crippen LogP contribution in [-0.2, 0) is 6.98 Å². The van der Waals surface area contributed by atoms with Gasteiger partial charge in [-0.1, -0.05) is 0 Å².